The lowest BCUT2D eigenvalue weighted by molar-refractivity contribution is 0.367. The normalized spacial score (nSPS) is 16.7. The van der Waals surface area contributed by atoms with Crippen molar-refractivity contribution in [2.75, 3.05) is 0 Å². The number of benzene rings is 1. The molecule has 0 unspecified atom stereocenters. The predicted octanol–water partition coefficient (Wildman–Crippen LogP) is 4.86. The fourth-order valence-electron chi connectivity index (χ4n) is 2.59. The highest BCUT2D eigenvalue weighted by atomic mass is 79.9. The molecule has 1 aliphatic rings. The first kappa shape index (κ1) is 12.9. The van der Waals surface area contributed by atoms with Crippen molar-refractivity contribution in [3.63, 3.8) is 0 Å². The molecular weight excluding hydrogens is 304 g/mol. The molecule has 0 saturated heterocycles. The Bertz CT molecular complexity index is 573. The second-order valence-corrected chi connectivity index (χ2v) is 6.10. The first-order valence-electron chi connectivity index (χ1n) is 6.84. The number of rotatable bonds is 2. The summed E-state index contributed by atoms with van der Waals surface area (Å²) in [7, 11) is 0. The Labute approximate surface area is 121 Å². The number of hydrogen-bond donors (Lipinski definition) is 0. The van der Waals surface area contributed by atoms with Gasteiger partial charge in [-0.3, -0.25) is 0 Å². The molecule has 1 aliphatic carbocycles. The zero-order valence-corrected chi connectivity index (χ0v) is 12.6. The highest BCUT2D eigenvalue weighted by Crippen LogP contribution is 2.33. The molecular formula is C15H17BrN2O. The van der Waals surface area contributed by atoms with Crippen molar-refractivity contribution in [3.05, 3.63) is 34.1 Å². The first-order valence-corrected chi connectivity index (χ1v) is 7.63. The van der Waals surface area contributed by atoms with E-state index in [0.717, 1.165) is 15.9 Å². The number of hydrogen-bond acceptors (Lipinski definition) is 3. The Hall–Kier alpha value is -1.16. The van der Waals surface area contributed by atoms with Gasteiger partial charge in [-0.2, -0.15) is 0 Å². The molecule has 1 saturated carbocycles. The lowest BCUT2D eigenvalue weighted by Crippen LogP contribution is -2.04. The van der Waals surface area contributed by atoms with E-state index in [1.165, 1.54) is 37.7 Å². The molecule has 0 aliphatic heterocycles. The molecule has 1 fully saturated rings. The van der Waals surface area contributed by atoms with Crippen LogP contribution < -0.4 is 0 Å². The summed E-state index contributed by atoms with van der Waals surface area (Å²) in [6.45, 7) is 2.06. The smallest absolute Gasteiger partial charge is 0.247 e. The zero-order chi connectivity index (χ0) is 13.2. The van der Waals surface area contributed by atoms with Crippen molar-refractivity contribution in [2.24, 2.45) is 0 Å². The number of halogens is 1. The maximum Gasteiger partial charge on any atom is 0.247 e. The molecule has 1 aromatic heterocycles. The summed E-state index contributed by atoms with van der Waals surface area (Å²) in [5.74, 6) is 1.90. The lowest BCUT2D eigenvalue weighted by atomic mass is 9.89. The average molecular weight is 321 g/mol. The SMILES string of the molecule is Cc1ccc(-c2nnc(C3CCCCC3)o2)cc1Br. The molecule has 0 amide bonds. The van der Waals surface area contributed by atoms with Crippen LogP contribution in [0.4, 0.5) is 0 Å². The molecule has 0 N–H and O–H groups in total. The van der Waals surface area contributed by atoms with Crippen LogP contribution in [-0.4, -0.2) is 10.2 Å². The fourth-order valence-corrected chi connectivity index (χ4v) is 2.97. The van der Waals surface area contributed by atoms with Gasteiger partial charge in [0.1, 0.15) is 0 Å². The number of aryl methyl sites for hydroxylation is 1. The van der Waals surface area contributed by atoms with Gasteiger partial charge in [-0.1, -0.05) is 41.3 Å². The summed E-state index contributed by atoms with van der Waals surface area (Å²) >= 11 is 3.54. The van der Waals surface area contributed by atoms with Crippen molar-refractivity contribution in [1.29, 1.82) is 0 Å². The largest absolute Gasteiger partial charge is 0.420 e. The van der Waals surface area contributed by atoms with E-state index in [1.807, 2.05) is 12.1 Å². The summed E-state index contributed by atoms with van der Waals surface area (Å²) in [5, 5.41) is 8.43. The van der Waals surface area contributed by atoms with Gasteiger partial charge in [-0.25, -0.2) is 0 Å². The van der Waals surface area contributed by atoms with Gasteiger partial charge in [-0.15, -0.1) is 10.2 Å². The summed E-state index contributed by atoms with van der Waals surface area (Å²) in [6.07, 6.45) is 6.25. The van der Waals surface area contributed by atoms with Crippen LogP contribution in [0.15, 0.2) is 27.1 Å². The van der Waals surface area contributed by atoms with Crippen LogP contribution in [0.3, 0.4) is 0 Å². The lowest BCUT2D eigenvalue weighted by Gasteiger charge is -2.17. The minimum absolute atomic E-state index is 0.462. The molecule has 0 bridgehead atoms. The molecule has 3 nitrogen and oxygen atoms in total. The van der Waals surface area contributed by atoms with Crippen LogP contribution in [0.5, 0.6) is 0 Å². The Morgan fingerprint density at radius 3 is 2.68 bits per heavy atom. The first-order chi connectivity index (χ1) is 9.24. The highest BCUT2D eigenvalue weighted by Gasteiger charge is 2.21. The van der Waals surface area contributed by atoms with Crippen molar-refractivity contribution < 1.29 is 4.42 Å². The summed E-state index contributed by atoms with van der Waals surface area (Å²) in [6, 6.07) is 6.12. The van der Waals surface area contributed by atoms with E-state index in [-0.39, 0.29) is 0 Å². The van der Waals surface area contributed by atoms with E-state index >= 15 is 0 Å². The third kappa shape index (κ3) is 2.73. The van der Waals surface area contributed by atoms with Crippen molar-refractivity contribution in [1.82, 2.24) is 10.2 Å². The number of nitrogens with zero attached hydrogens (tertiary/aromatic N) is 2. The molecule has 1 aromatic carbocycles. The maximum atomic E-state index is 5.86. The van der Waals surface area contributed by atoms with Gasteiger partial charge in [0.2, 0.25) is 11.8 Å². The van der Waals surface area contributed by atoms with E-state index in [0.29, 0.717) is 11.8 Å². The van der Waals surface area contributed by atoms with E-state index < -0.39 is 0 Å². The molecule has 0 atom stereocenters. The summed E-state index contributed by atoms with van der Waals surface area (Å²) < 4.78 is 6.93. The standard InChI is InChI=1S/C15H17BrN2O/c1-10-7-8-12(9-13(10)16)15-18-17-14(19-15)11-5-3-2-4-6-11/h7-9,11H,2-6H2,1H3. The van der Waals surface area contributed by atoms with Gasteiger partial charge in [-0.05, 0) is 37.5 Å². The number of aromatic nitrogens is 2. The van der Waals surface area contributed by atoms with E-state index in [9.17, 15) is 0 Å². The van der Waals surface area contributed by atoms with Crippen molar-refractivity contribution >= 4 is 15.9 Å². The van der Waals surface area contributed by atoms with Crippen LogP contribution in [-0.2, 0) is 0 Å². The van der Waals surface area contributed by atoms with Gasteiger partial charge in [0.25, 0.3) is 0 Å². The van der Waals surface area contributed by atoms with Gasteiger partial charge < -0.3 is 4.42 Å². The zero-order valence-electron chi connectivity index (χ0n) is 11.0. The third-order valence-corrected chi connectivity index (χ3v) is 4.67. The summed E-state index contributed by atoms with van der Waals surface area (Å²) in [5.41, 5.74) is 2.18. The van der Waals surface area contributed by atoms with Crippen LogP contribution in [0, 0.1) is 6.92 Å². The van der Waals surface area contributed by atoms with Gasteiger partial charge >= 0.3 is 0 Å². The Kier molecular flexibility index (Phi) is 3.69. The molecule has 1 heterocycles. The predicted molar refractivity (Wildman–Crippen MR) is 78.0 cm³/mol. The minimum Gasteiger partial charge on any atom is -0.420 e. The monoisotopic (exact) mass is 320 g/mol. The molecule has 0 radical (unpaired) electrons. The summed E-state index contributed by atoms with van der Waals surface area (Å²) in [4.78, 5) is 0. The van der Waals surface area contributed by atoms with Gasteiger partial charge in [0.05, 0.1) is 0 Å². The van der Waals surface area contributed by atoms with E-state index in [1.54, 1.807) is 0 Å². The minimum atomic E-state index is 0.462. The third-order valence-electron chi connectivity index (χ3n) is 3.81. The molecule has 4 heteroatoms. The van der Waals surface area contributed by atoms with Crippen molar-refractivity contribution in [3.8, 4) is 11.5 Å². The van der Waals surface area contributed by atoms with E-state index in [2.05, 4.69) is 39.1 Å². The van der Waals surface area contributed by atoms with Crippen LogP contribution in [0.25, 0.3) is 11.5 Å². The molecule has 0 spiro atoms. The highest BCUT2D eigenvalue weighted by molar-refractivity contribution is 9.10. The molecule has 2 aromatic rings. The molecule has 100 valence electrons. The van der Waals surface area contributed by atoms with Crippen molar-refractivity contribution in [2.45, 2.75) is 44.9 Å². The quantitative estimate of drug-likeness (QED) is 0.793. The van der Waals surface area contributed by atoms with Crippen LogP contribution in [0.2, 0.25) is 0 Å². The Balaban J connectivity index is 1.85. The van der Waals surface area contributed by atoms with Crippen LogP contribution >= 0.6 is 15.9 Å². The van der Waals surface area contributed by atoms with Gasteiger partial charge in [0, 0.05) is 16.0 Å². The van der Waals surface area contributed by atoms with Crippen LogP contribution in [0.1, 0.15) is 49.5 Å². The second kappa shape index (κ2) is 5.45. The van der Waals surface area contributed by atoms with E-state index in [4.69, 9.17) is 4.42 Å². The fraction of sp³-hybridized carbons (Fsp3) is 0.467. The maximum absolute atomic E-state index is 5.86. The topological polar surface area (TPSA) is 38.9 Å². The molecule has 3 rings (SSSR count). The average Bonchev–Trinajstić information content (AvgIpc) is 2.93. The Morgan fingerprint density at radius 2 is 1.95 bits per heavy atom. The molecule has 19 heavy (non-hydrogen) atoms. The second-order valence-electron chi connectivity index (χ2n) is 5.24. The van der Waals surface area contributed by atoms with Gasteiger partial charge in [0.15, 0.2) is 0 Å². The Morgan fingerprint density at radius 1 is 1.16 bits per heavy atom.